The molecule has 2 aromatic rings. The van der Waals surface area contributed by atoms with Crippen LogP contribution in [0.5, 0.6) is 0 Å². The monoisotopic (exact) mass is 272 g/mol. The second-order valence-corrected chi connectivity index (χ2v) is 6.00. The number of nitrogens with two attached hydrogens (primary N) is 1. The normalized spacial score (nSPS) is 21.9. The highest BCUT2D eigenvalue weighted by Gasteiger charge is 2.43. The van der Waals surface area contributed by atoms with Crippen molar-refractivity contribution in [3.63, 3.8) is 0 Å². The van der Waals surface area contributed by atoms with Crippen LogP contribution in [0.2, 0.25) is 0 Å². The van der Waals surface area contributed by atoms with Crippen LogP contribution in [0.1, 0.15) is 61.8 Å². The van der Waals surface area contributed by atoms with Crippen LogP contribution in [0.3, 0.4) is 0 Å². The standard InChI is InChI=1S/C15H20N4O/c1-2-9-11-10(8-6-4-3-5-7-8)12-14(13(11)18-17-9)20-19-15(12)16/h8,10H,2-7H2,1H3,(H2,16,19)(H,17,18). The molecule has 5 nitrogen and oxygen atoms in total. The molecule has 3 N–H and O–H groups in total. The largest absolute Gasteiger partial charge is 0.381 e. The lowest BCUT2D eigenvalue weighted by atomic mass is 9.75. The summed E-state index contributed by atoms with van der Waals surface area (Å²) in [4.78, 5) is 0. The van der Waals surface area contributed by atoms with Crippen molar-refractivity contribution in [2.24, 2.45) is 5.92 Å². The van der Waals surface area contributed by atoms with Gasteiger partial charge in [-0.15, -0.1) is 0 Å². The first-order valence-electron chi connectivity index (χ1n) is 7.63. The molecular formula is C15H20N4O. The molecule has 106 valence electrons. The molecule has 0 saturated heterocycles. The highest BCUT2D eigenvalue weighted by Crippen LogP contribution is 2.53. The quantitative estimate of drug-likeness (QED) is 0.879. The average Bonchev–Trinajstić information content (AvgIpc) is 3.12. The SMILES string of the molecule is CCc1[nH]nc2c1C(C1CCCCC1)c1c(N)noc1-2. The maximum atomic E-state index is 6.08. The maximum absolute atomic E-state index is 6.08. The molecule has 0 aliphatic heterocycles. The number of hydrogen-bond donors (Lipinski definition) is 2. The Morgan fingerprint density at radius 2 is 2.05 bits per heavy atom. The molecule has 2 aliphatic rings. The summed E-state index contributed by atoms with van der Waals surface area (Å²) in [6.45, 7) is 2.16. The minimum atomic E-state index is 0.334. The highest BCUT2D eigenvalue weighted by molar-refractivity contribution is 5.76. The van der Waals surface area contributed by atoms with Gasteiger partial charge in [0.05, 0.1) is 5.56 Å². The van der Waals surface area contributed by atoms with E-state index in [1.54, 1.807) is 0 Å². The number of hydrogen-bond acceptors (Lipinski definition) is 4. The summed E-state index contributed by atoms with van der Waals surface area (Å²) in [6.07, 6.45) is 7.48. The molecule has 0 aromatic carbocycles. The molecule has 2 aliphatic carbocycles. The fourth-order valence-electron chi connectivity index (χ4n) is 4.03. The Bertz CT molecular complexity index is 636. The summed E-state index contributed by atoms with van der Waals surface area (Å²) in [5.74, 6) is 2.33. The van der Waals surface area contributed by atoms with Crippen LogP contribution >= 0.6 is 0 Å². The van der Waals surface area contributed by atoms with Gasteiger partial charge in [-0.3, -0.25) is 5.10 Å². The molecule has 0 radical (unpaired) electrons. The molecule has 1 saturated carbocycles. The summed E-state index contributed by atoms with van der Waals surface area (Å²) in [5, 5.41) is 11.6. The fourth-order valence-corrected chi connectivity index (χ4v) is 4.03. The molecule has 5 heteroatoms. The van der Waals surface area contributed by atoms with Crippen LogP contribution in [0.15, 0.2) is 4.52 Å². The third kappa shape index (κ3) is 1.49. The number of anilines is 1. The molecule has 1 fully saturated rings. The molecule has 2 aromatic heterocycles. The average molecular weight is 272 g/mol. The van der Waals surface area contributed by atoms with Gasteiger partial charge >= 0.3 is 0 Å². The van der Waals surface area contributed by atoms with Crippen molar-refractivity contribution in [3.05, 3.63) is 16.8 Å². The first-order chi connectivity index (χ1) is 9.81. The fraction of sp³-hybridized carbons (Fsp3) is 0.600. The number of nitrogen functional groups attached to an aromatic ring is 1. The molecule has 1 unspecified atom stereocenters. The molecule has 0 spiro atoms. The summed E-state index contributed by atoms with van der Waals surface area (Å²) in [5.41, 5.74) is 10.7. The van der Waals surface area contributed by atoms with Crippen LogP contribution in [-0.4, -0.2) is 15.4 Å². The van der Waals surface area contributed by atoms with E-state index in [1.165, 1.54) is 43.4 Å². The number of aromatic amines is 1. The number of nitrogens with one attached hydrogen (secondary N) is 1. The van der Waals surface area contributed by atoms with E-state index in [9.17, 15) is 0 Å². The van der Waals surface area contributed by atoms with Crippen LogP contribution in [0, 0.1) is 5.92 Å². The van der Waals surface area contributed by atoms with Crippen molar-refractivity contribution in [1.29, 1.82) is 0 Å². The number of H-pyrrole nitrogens is 1. The Kier molecular flexibility index (Phi) is 2.62. The van der Waals surface area contributed by atoms with Crippen LogP contribution in [0.4, 0.5) is 5.82 Å². The van der Waals surface area contributed by atoms with Crippen LogP contribution < -0.4 is 5.73 Å². The summed E-state index contributed by atoms with van der Waals surface area (Å²) in [7, 11) is 0. The summed E-state index contributed by atoms with van der Waals surface area (Å²) in [6, 6.07) is 0. The Hall–Kier alpha value is -1.78. The van der Waals surface area contributed by atoms with Gasteiger partial charge in [0.25, 0.3) is 0 Å². The zero-order valence-electron chi connectivity index (χ0n) is 11.8. The second kappa shape index (κ2) is 4.36. The molecule has 4 rings (SSSR count). The van der Waals surface area contributed by atoms with Gasteiger partial charge < -0.3 is 10.3 Å². The third-order valence-corrected chi connectivity index (χ3v) is 4.95. The molecule has 2 heterocycles. The summed E-state index contributed by atoms with van der Waals surface area (Å²) >= 11 is 0. The van der Waals surface area contributed by atoms with Crippen molar-refractivity contribution in [1.82, 2.24) is 15.4 Å². The smallest absolute Gasteiger partial charge is 0.193 e. The molecule has 20 heavy (non-hydrogen) atoms. The van der Waals surface area contributed by atoms with Gasteiger partial charge in [-0.25, -0.2) is 0 Å². The van der Waals surface area contributed by atoms with E-state index in [-0.39, 0.29) is 0 Å². The van der Waals surface area contributed by atoms with Crippen LogP contribution in [0.25, 0.3) is 11.5 Å². The Balaban J connectivity index is 1.87. The Morgan fingerprint density at radius 1 is 1.25 bits per heavy atom. The van der Waals surface area contributed by atoms with E-state index in [0.717, 1.165) is 23.4 Å². The second-order valence-electron chi connectivity index (χ2n) is 6.00. The van der Waals surface area contributed by atoms with E-state index in [2.05, 4.69) is 22.3 Å². The number of aromatic nitrogens is 3. The van der Waals surface area contributed by atoms with E-state index >= 15 is 0 Å². The minimum Gasteiger partial charge on any atom is -0.381 e. The number of nitrogens with zero attached hydrogens (tertiary/aromatic N) is 2. The first-order valence-corrected chi connectivity index (χ1v) is 7.63. The molecule has 0 amide bonds. The van der Waals surface area contributed by atoms with Crippen molar-refractivity contribution in [3.8, 4) is 11.5 Å². The predicted molar refractivity (Wildman–Crippen MR) is 76.3 cm³/mol. The maximum Gasteiger partial charge on any atom is 0.193 e. The lowest BCUT2D eigenvalue weighted by molar-refractivity contribution is 0.329. The van der Waals surface area contributed by atoms with E-state index in [0.29, 0.717) is 17.7 Å². The lowest BCUT2D eigenvalue weighted by Crippen LogP contribution is -2.17. The van der Waals surface area contributed by atoms with Crippen molar-refractivity contribution in [2.45, 2.75) is 51.4 Å². The minimum absolute atomic E-state index is 0.334. The van der Waals surface area contributed by atoms with Gasteiger partial charge in [0.2, 0.25) is 0 Å². The third-order valence-electron chi connectivity index (χ3n) is 4.95. The topological polar surface area (TPSA) is 80.7 Å². The number of rotatable bonds is 2. The Labute approximate surface area is 117 Å². The molecular weight excluding hydrogens is 252 g/mol. The van der Waals surface area contributed by atoms with Crippen molar-refractivity contribution >= 4 is 5.82 Å². The van der Waals surface area contributed by atoms with E-state index in [4.69, 9.17) is 10.3 Å². The zero-order valence-corrected chi connectivity index (χ0v) is 11.8. The van der Waals surface area contributed by atoms with Gasteiger partial charge in [-0.1, -0.05) is 31.3 Å². The van der Waals surface area contributed by atoms with Gasteiger partial charge in [-0.05, 0) is 25.2 Å². The highest BCUT2D eigenvalue weighted by atomic mass is 16.5. The van der Waals surface area contributed by atoms with Gasteiger partial charge in [0, 0.05) is 17.2 Å². The van der Waals surface area contributed by atoms with Gasteiger partial charge in [-0.2, -0.15) is 5.10 Å². The van der Waals surface area contributed by atoms with E-state index < -0.39 is 0 Å². The molecule has 0 bridgehead atoms. The zero-order chi connectivity index (χ0) is 13.7. The van der Waals surface area contributed by atoms with Gasteiger partial charge in [0.1, 0.15) is 5.69 Å². The van der Waals surface area contributed by atoms with Crippen molar-refractivity contribution in [2.75, 3.05) is 5.73 Å². The number of fused-ring (bicyclic) bond motifs is 3. The molecule has 1 atom stereocenters. The van der Waals surface area contributed by atoms with Gasteiger partial charge in [0.15, 0.2) is 11.6 Å². The predicted octanol–water partition coefficient (Wildman–Crippen LogP) is 3.23. The van der Waals surface area contributed by atoms with Crippen molar-refractivity contribution < 1.29 is 4.52 Å². The number of aryl methyl sites for hydroxylation is 1. The summed E-state index contributed by atoms with van der Waals surface area (Å²) < 4.78 is 5.45. The first kappa shape index (κ1) is 12.0. The van der Waals surface area contributed by atoms with E-state index in [1.807, 2.05) is 0 Å². The lowest BCUT2D eigenvalue weighted by Gasteiger charge is -2.28. The Morgan fingerprint density at radius 3 is 2.80 bits per heavy atom. The van der Waals surface area contributed by atoms with Crippen LogP contribution in [-0.2, 0) is 6.42 Å².